The zero-order valence-electron chi connectivity index (χ0n) is 7.46. The number of benzene rings is 1. The third kappa shape index (κ3) is 9.18. The number of halogens is 4. The van der Waals surface area contributed by atoms with E-state index in [2.05, 4.69) is 20.9 Å². The van der Waals surface area contributed by atoms with E-state index in [9.17, 15) is 18.0 Å². The molecule has 0 N–H and O–H groups in total. The van der Waals surface area contributed by atoms with Crippen molar-refractivity contribution in [3.8, 4) is 0 Å². The molecule has 0 saturated heterocycles. The Morgan fingerprint density at radius 2 is 1.73 bits per heavy atom. The molecule has 0 radical (unpaired) electrons. The number of hydrogen-bond acceptors (Lipinski definition) is 2. The Balaban J connectivity index is 0.000000288. The molecular formula is C9H7BrF3NO. The maximum absolute atomic E-state index is 10.7. The van der Waals surface area contributed by atoms with Gasteiger partial charge in [0.05, 0.1) is 11.0 Å². The first-order valence-electron chi connectivity index (χ1n) is 3.75. The zero-order chi connectivity index (χ0) is 11.7. The second-order valence-electron chi connectivity index (χ2n) is 2.29. The number of rotatable bonds is 1. The Kier molecular flexibility index (Phi) is 6.66. The molecule has 0 unspecified atom stereocenters. The zero-order valence-corrected chi connectivity index (χ0v) is 9.05. The van der Waals surface area contributed by atoms with Crippen molar-refractivity contribution in [2.24, 2.45) is 4.99 Å². The average molecular weight is 282 g/mol. The minimum absolute atomic E-state index is 0.646. The van der Waals surface area contributed by atoms with Gasteiger partial charge in [-0.05, 0) is 12.1 Å². The van der Waals surface area contributed by atoms with Crippen molar-refractivity contribution in [2.45, 2.75) is 6.18 Å². The molecule has 0 bridgehead atoms. The third-order valence-corrected chi connectivity index (χ3v) is 1.72. The molecule has 0 aliphatic carbocycles. The summed E-state index contributed by atoms with van der Waals surface area (Å²) in [5, 5.41) is -0.917. The standard InChI is InChI=1S/C7H5NO.C2H2BrF3/c9-6-8-7-4-2-1-3-5-7;3-1-2(4,5)6/h1-5H;1H2. The van der Waals surface area contributed by atoms with E-state index >= 15 is 0 Å². The van der Waals surface area contributed by atoms with Crippen molar-refractivity contribution in [2.75, 3.05) is 5.33 Å². The van der Waals surface area contributed by atoms with Crippen LogP contribution in [-0.2, 0) is 4.79 Å². The van der Waals surface area contributed by atoms with Crippen LogP contribution in [0.25, 0.3) is 0 Å². The molecule has 0 aromatic heterocycles. The fourth-order valence-corrected chi connectivity index (χ4v) is 0.555. The first-order valence-corrected chi connectivity index (χ1v) is 4.87. The number of alkyl halides is 4. The summed E-state index contributed by atoms with van der Waals surface area (Å²) >= 11 is 2.24. The van der Waals surface area contributed by atoms with Gasteiger partial charge < -0.3 is 0 Å². The van der Waals surface area contributed by atoms with E-state index < -0.39 is 11.5 Å². The van der Waals surface area contributed by atoms with E-state index in [0.29, 0.717) is 5.69 Å². The van der Waals surface area contributed by atoms with E-state index in [4.69, 9.17) is 0 Å². The highest BCUT2D eigenvalue weighted by molar-refractivity contribution is 9.09. The Morgan fingerprint density at radius 1 is 1.27 bits per heavy atom. The number of para-hydroxylation sites is 1. The highest BCUT2D eigenvalue weighted by Crippen LogP contribution is 2.16. The van der Waals surface area contributed by atoms with Crippen LogP contribution in [0.1, 0.15) is 0 Å². The lowest BCUT2D eigenvalue weighted by Gasteiger charge is -1.95. The fourth-order valence-electron chi connectivity index (χ4n) is 0.555. The summed E-state index contributed by atoms with van der Waals surface area (Å²) in [6, 6.07) is 8.98. The molecule has 0 saturated carbocycles. The van der Waals surface area contributed by atoms with Crippen LogP contribution >= 0.6 is 15.9 Å². The summed E-state index contributed by atoms with van der Waals surface area (Å²) in [6.45, 7) is 0. The van der Waals surface area contributed by atoms with Gasteiger partial charge in [0.1, 0.15) is 0 Å². The molecule has 0 amide bonds. The second kappa shape index (κ2) is 7.20. The summed E-state index contributed by atoms with van der Waals surface area (Å²) in [5.74, 6) is 0. The number of nitrogens with zero attached hydrogens (tertiary/aromatic N) is 1. The molecule has 0 aliphatic rings. The molecule has 0 heterocycles. The quantitative estimate of drug-likeness (QED) is 0.439. The first-order chi connectivity index (χ1) is 6.99. The normalized spacial score (nSPS) is 9.60. The molecule has 1 aromatic carbocycles. The Morgan fingerprint density at radius 3 is 2.07 bits per heavy atom. The van der Waals surface area contributed by atoms with Crippen LogP contribution in [0, 0.1) is 0 Å². The SMILES string of the molecule is FC(F)(F)CBr.O=C=Nc1ccccc1. The average Bonchev–Trinajstić information content (AvgIpc) is 2.20. The van der Waals surface area contributed by atoms with Crippen LogP contribution in [0.2, 0.25) is 0 Å². The molecule has 2 nitrogen and oxygen atoms in total. The molecule has 1 aromatic rings. The summed E-state index contributed by atoms with van der Waals surface area (Å²) in [5.41, 5.74) is 0.646. The molecule has 1 rings (SSSR count). The van der Waals surface area contributed by atoms with Gasteiger partial charge in [0.2, 0.25) is 6.08 Å². The molecule has 82 valence electrons. The maximum Gasteiger partial charge on any atom is 0.398 e. The second-order valence-corrected chi connectivity index (χ2v) is 2.85. The van der Waals surface area contributed by atoms with Gasteiger partial charge in [-0.3, -0.25) is 0 Å². The first kappa shape index (κ1) is 13.9. The van der Waals surface area contributed by atoms with Crippen molar-refractivity contribution in [1.82, 2.24) is 0 Å². The van der Waals surface area contributed by atoms with E-state index in [1.165, 1.54) is 6.08 Å². The Labute approximate surface area is 93.0 Å². The van der Waals surface area contributed by atoms with Crippen molar-refractivity contribution < 1.29 is 18.0 Å². The van der Waals surface area contributed by atoms with Gasteiger partial charge in [-0.25, -0.2) is 4.79 Å². The smallest absolute Gasteiger partial charge is 0.211 e. The summed E-state index contributed by atoms with van der Waals surface area (Å²) in [6.07, 6.45) is -2.58. The minimum atomic E-state index is -4.04. The van der Waals surface area contributed by atoms with Crippen LogP contribution in [0.3, 0.4) is 0 Å². The van der Waals surface area contributed by atoms with Gasteiger partial charge in [0, 0.05) is 0 Å². The number of carbonyl (C=O) groups excluding carboxylic acids is 1. The molecule has 0 spiro atoms. The number of hydrogen-bond donors (Lipinski definition) is 0. The Bertz CT molecular complexity index is 320. The van der Waals surface area contributed by atoms with Crippen molar-refractivity contribution in [3.63, 3.8) is 0 Å². The molecule has 0 fully saturated rings. The number of aliphatic imine (C=N–C) groups is 1. The lowest BCUT2D eigenvalue weighted by atomic mass is 10.3. The van der Waals surface area contributed by atoms with Crippen LogP contribution in [0.4, 0.5) is 18.9 Å². The largest absolute Gasteiger partial charge is 0.398 e. The van der Waals surface area contributed by atoms with Gasteiger partial charge in [-0.2, -0.15) is 18.2 Å². The predicted molar refractivity (Wildman–Crippen MR) is 54.1 cm³/mol. The molecule has 6 heteroatoms. The fraction of sp³-hybridized carbons (Fsp3) is 0.222. The lowest BCUT2D eigenvalue weighted by molar-refractivity contribution is -0.104. The predicted octanol–water partition coefficient (Wildman–Crippen LogP) is 3.60. The van der Waals surface area contributed by atoms with Crippen LogP contribution in [-0.4, -0.2) is 17.6 Å². The summed E-state index contributed by atoms with van der Waals surface area (Å²) in [4.78, 5) is 13.1. The summed E-state index contributed by atoms with van der Waals surface area (Å²) < 4.78 is 32.2. The van der Waals surface area contributed by atoms with Crippen molar-refractivity contribution >= 4 is 27.7 Å². The van der Waals surface area contributed by atoms with E-state index in [1.54, 1.807) is 12.1 Å². The van der Waals surface area contributed by atoms with Gasteiger partial charge in [0.25, 0.3) is 0 Å². The van der Waals surface area contributed by atoms with Crippen LogP contribution < -0.4 is 0 Å². The van der Waals surface area contributed by atoms with E-state index in [1.807, 2.05) is 18.2 Å². The minimum Gasteiger partial charge on any atom is -0.211 e. The van der Waals surface area contributed by atoms with Gasteiger partial charge in [0.15, 0.2) is 0 Å². The van der Waals surface area contributed by atoms with E-state index in [0.717, 1.165) is 0 Å². The van der Waals surface area contributed by atoms with Crippen LogP contribution in [0.5, 0.6) is 0 Å². The molecular weight excluding hydrogens is 275 g/mol. The third-order valence-electron chi connectivity index (χ3n) is 1.08. The highest BCUT2D eigenvalue weighted by atomic mass is 79.9. The lowest BCUT2D eigenvalue weighted by Crippen LogP contribution is -2.07. The van der Waals surface area contributed by atoms with Crippen molar-refractivity contribution in [3.05, 3.63) is 30.3 Å². The topological polar surface area (TPSA) is 29.4 Å². The van der Waals surface area contributed by atoms with Crippen LogP contribution in [0.15, 0.2) is 35.3 Å². The molecule has 0 aliphatic heterocycles. The van der Waals surface area contributed by atoms with Gasteiger partial charge in [-0.15, -0.1) is 0 Å². The molecule has 15 heavy (non-hydrogen) atoms. The van der Waals surface area contributed by atoms with E-state index in [-0.39, 0.29) is 0 Å². The maximum atomic E-state index is 10.7. The molecule has 0 atom stereocenters. The summed E-state index contributed by atoms with van der Waals surface area (Å²) in [7, 11) is 0. The number of isocyanates is 1. The highest BCUT2D eigenvalue weighted by Gasteiger charge is 2.24. The monoisotopic (exact) mass is 281 g/mol. The van der Waals surface area contributed by atoms with Gasteiger partial charge >= 0.3 is 6.18 Å². The van der Waals surface area contributed by atoms with Gasteiger partial charge in [-0.1, -0.05) is 34.1 Å². The van der Waals surface area contributed by atoms with Crippen molar-refractivity contribution in [1.29, 1.82) is 0 Å². The Hall–Kier alpha value is -1.13.